The van der Waals surface area contributed by atoms with E-state index in [9.17, 15) is 9.59 Å². The normalized spacial score (nSPS) is 14.8. The number of carbonyl (C=O) groups excluding carboxylic acids is 1. The summed E-state index contributed by atoms with van der Waals surface area (Å²) < 4.78 is 7.35. The predicted octanol–water partition coefficient (Wildman–Crippen LogP) is 4.58. The number of aromatic amines is 1. The summed E-state index contributed by atoms with van der Waals surface area (Å²) in [7, 11) is 1.67. The molecule has 8 heteroatoms. The molecule has 1 unspecified atom stereocenters. The van der Waals surface area contributed by atoms with E-state index >= 15 is 0 Å². The van der Waals surface area contributed by atoms with E-state index in [0.717, 1.165) is 43.6 Å². The smallest absolute Gasteiger partial charge is 0.262 e. The van der Waals surface area contributed by atoms with Gasteiger partial charge in [0.2, 0.25) is 5.91 Å². The molecule has 186 valence electrons. The minimum atomic E-state index is -0.0615. The fourth-order valence-electron chi connectivity index (χ4n) is 4.77. The van der Waals surface area contributed by atoms with Gasteiger partial charge in [-0.05, 0) is 80.8 Å². The molecular formula is C27H34N4O3S. The monoisotopic (exact) mass is 494 g/mol. The van der Waals surface area contributed by atoms with Crippen molar-refractivity contribution in [1.29, 1.82) is 0 Å². The van der Waals surface area contributed by atoms with Crippen LogP contribution in [-0.2, 0) is 11.3 Å². The first-order valence-electron chi connectivity index (χ1n) is 12.4. The molecule has 3 aromatic rings. The molecule has 2 heterocycles. The molecule has 7 nitrogen and oxygen atoms in total. The number of nitrogens with zero attached hydrogens (tertiary/aromatic N) is 2. The minimum Gasteiger partial charge on any atom is -0.497 e. The predicted molar refractivity (Wildman–Crippen MR) is 141 cm³/mol. The van der Waals surface area contributed by atoms with E-state index in [-0.39, 0.29) is 17.5 Å². The summed E-state index contributed by atoms with van der Waals surface area (Å²) in [6, 6.07) is 15.7. The number of carbonyl (C=O) groups is 1. The van der Waals surface area contributed by atoms with Crippen LogP contribution in [0.25, 0.3) is 10.9 Å². The summed E-state index contributed by atoms with van der Waals surface area (Å²) in [5.74, 6) is 0.910. The molecule has 35 heavy (non-hydrogen) atoms. The average Bonchev–Trinajstić information content (AvgIpc) is 3.41. The standard InChI is InChI=1S/C27H34N4O3S/c1-34-21-14-12-20(13-15-21)24(30-16-7-8-17-30)19-28-25(32)11-3-2-6-18-31-26(33)22-9-4-5-10-23(22)29-27(31)35/h4-5,9-10,12-15,24H,2-3,6-8,11,16-19H2,1H3,(H,28,32)(H,29,35). The molecule has 0 bridgehead atoms. The quantitative estimate of drug-likeness (QED) is 0.301. The Morgan fingerprint density at radius 1 is 1.09 bits per heavy atom. The zero-order valence-corrected chi connectivity index (χ0v) is 21.1. The van der Waals surface area contributed by atoms with Crippen molar-refractivity contribution in [2.45, 2.75) is 51.1 Å². The Morgan fingerprint density at radius 3 is 2.57 bits per heavy atom. The fourth-order valence-corrected chi connectivity index (χ4v) is 5.05. The van der Waals surface area contributed by atoms with Crippen LogP contribution >= 0.6 is 12.2 Å². The van der Waals surface area contributed by atoms with Crippen molar-refractivity contribution in [3.63, 3.8) is 0 Å². The van der Waals surface area contributed by atoms with Crippen LogP contribution in [0.5, 0.6) is 5.75 Å². The summed E-state index contributed by atoms with van der Waals surface area (Å²) in [6.45, 7) is 3.27. The molecule has 0 radical (unpaired) electrons. The van der Waals surface area contributed by atoms with Crippen molar-refractivity contribution >= 4 is 29.0 Å². The summed E-state index contributed by atoms with van der Waals surface area (Å²) >= 11 is 5.38. The van der Waals surface area contributed by atoms with E-state index in [0.29, 0.717) is 29.7 Å². The number of methoxy groups -OCH3 is 1. The van der Waals surface area contributed by atoms with E-state index < -0.39 is 0 Å². The maximum atomic E-state index is 12.7. The molecule has 1 aliphatic rings. The van der Waals surface area contributed by atoms with E-state index in [1.807, 2.05) is 36.4 Å². The third-order valence-electron chi connectivity index (χ3n) is 6.75. The molecule has 1 amide bonds. The second-order valence-electron chi connectivity index (χ2n) is 9.08. The van der Waals surface area contributed by atoms with Crippen molar-refractivity contribution in [1.82, 2.24) is 19.8 Å². The lowest BCUT2D eigenvalue weighted by Crippen LogP contribution is -2.36. The van der Waals surface area contributed by atoms with Crippen LogP contribution in [-0.4, -0.2) is 47.1 Å². The minimum absolute atomic E-state index is 0.0615. The topological polar surface area (TPSA) is 79.4 Å². The molecule has 1 atom stereocenters. The lowest BCUT2D eigenvalue weighted by atomic mass is 10.0. The number of benzene rings is 2. The number of fused-ring (bicyclic) bond motifs is 1. The fraction of sp³-hybridized carbons (Fsp3) is 0.444. The number of hydrogen-bond acceptors (Lipinski definition) is 5. The highest BCUT2D eigenvalue weighted by Gasteiger charge is 2.24. The molecule has 1 fully saturated rings. The summed E-state index contributed by atoms with van der Waals surface area (Å²) in [4.78, 5) is 30.9. The Kier molecular flexibility index (Phi) is 8.71. The number of hydrogen-bond donors (Lipinski definition) is 2. The van der Waals surface area contributed by atoms with Crippen LogP contribution in [0, 0.1) is 4.77 Å². The molecule has 4 rings (SSSR count). The molecule has 1 aliphatic heterocycles. The van der Waals surface area contributed by atoms with Crippen LogP contribution in [0.15, 0.2) is 53.3 Å². The lowest BCUT2D eigenvalue weighted by Gasteiger charge is -2.28. The van der Waals surface area contributed by atoms with Gasteiger partial charge in [0, 0.05) is 19.5 Å². The molecule has 0 saturated carbocycles. The van der Waals surface area contributed by atoms with Gasteiger partial charge in [-0.1, -0.05) is 30.7 Å². The van der Waals surface area contributed by atoms with E-state index in [4.69, 9.17) is 17.0 Å². The Morgan fingerprint density at radius 2 is 1.83 bits per heavy atom. The third kappa shape index (κ3) is 6.38. The van der Waals surface area contributed by atoms with Gasteiger partial charge < -0.3 is 15.0 Å². The van der Waals surface area contributed by atoms with Crippen molar-refractivity contribution in [3.8, 4) is 5.75 Å². The van der Waals surface area contributed by atoms with Crippen molar-refractivity contribution in [2.24, 2.45) is 0 Å². The van der Waals surface area contributed by atoms with Crippen molar-refractivity contribution < 1.29 is 9.53 Å². The molecule has 2 aromatic carbocycles. The van der Waals surface area contributed by atoms with Crippen LogP contribution in [0.4, 0.5) is 0 Å². The van der Waals surface area contributed by atoms with Gasteiger partial charge in [0.25, 0.3) is 5.56 Å². The number of likely N-dealkylation sites (tertiary alicyclic amines) is 1. The number of H-pyrrole nitrogens is 1. The molecule has 1 aromatic heterocycles. The number of rotatable bonds is 11. The Bertz CT molecular complexity index is 1250. The highest BCUT2D eigenvalue weighted by Crippen LogP contribution is 2.26. The van der Waals surface area contributed by atoms with Gasteiger partial charge in [0.05, 0.1) is 24.1 Å². The highest BCUT2D eigenvalue weighted by atomic mass is 32.1. The summed E-state index contributed by atoms with van der Waals surface area (Å²) in [6.07, 6.45) is 5.31. The second-order valence-corrected chi connectivity index (χ2v) is 9.47. The van der Waals surface area contributed by atoms with Crippen LogP contribution in [0.1, 0.15) is 50.1 Å². The Balaban J connectivity index is 1.24. The number of nitrogens with one attached hydrogen (secondary N) is 2. The number of aromatic nitrogens is 2. The molecule has 2 N–H and O–H groups in total. The highest BCUT2D eigenvalue weighted by molar-refractivity contribution is 7.71. The average molecular weight is 495 g/mol. The van der Waals surface area contributed by atoms with Crippen molar-refractivity contribution in [3.05, 3.63) is 69.2 Å². The first-order chi connectivity index (χ1) is 17.1. The molecule has 1 saturated heterocycles. The van der Waals surface area contributed by atoms with Gasteiger partial charge in [-0.2, -0.15) is 0 Å². The molecule has 0 spiro atoms. The zero-order valence-electron chi connectivity index (χ0n) is 20.3. The van der Waals surface area contributed by atoms with Crippen molar-refractivity contribution in [2.75, 3.05) is 26.7 Å². The zero-order chi connectivity index (χ0) is 24.6. The maximum Gasteiger partial charge on any atom is 0.262 e. The number of ether oxygens (including phenoxy) is 1. The van der Waals surface area contributed by atoms with E-state index in [1.54, 1.807) is 11.7 Å². The maximum absolute atomic E-state index is 12.7. The SMILES string of the molecule is COc1ccc(C(CNC(=O)CCCCCn2c(=S)[nH]c3ccccc3c2=O)N2CCCC2)cc1. The van der Waals surface area contributed by atoms with Crippen LogP contribution in [0.3, 0.4) is 0 Å². The first kappa shape index (κ1) is 25.1. The van der Waals surface area contributed by atoms with Gasteiger partial charge in [-0.3, -0.25) is 19.1 Å². The second kappa shape index (κ2) is 12.1. The van der Waals surface area contributed by atoms with Gasteiger partial charge in [-0.15, -0.1) is 0 Å². The van der Waals surface area contributed by atoms with Gasteiger partial charge in [-0.25, -0.2) is 0 Å². The lowest BCUT2D eigenvalue weighted by molar-refractivity contribution is -0.121. The van der Waals surface area contributed by atoms with E-state index in [1.165, 1.54) is 18.4 Å². The summed E-state index contributed by atoms with van der Waals surface area (Å²) in [5, 5.41) is 3.79. The summed E-state index contributed by atoms with van der Waals surface area (Å²) in [5.41, 5.74) is 1.90. The number of amides is 1. The van der Waals surface area contributed by atoms with Crippen LogP contribution in [0.2, 0.25) is 0 Å². The first-order valence-corrected chi connectivity index (χ1v) is 12.8. The Labute approximate surface area is 211 Å². The molecule has 0 aliphatic carbocycles. The largest absolute Gasteiger partial charge is 0.497 e. The van der Waals surface area contributed by atoms with E-state index in [2.05, 4.69) is 27.3 Å². The Hall–Kier alpha value is -2.97. The number of para-hydroxylation sites is 1. The van der Waals surface area contributed by atoms with Crippen LogP contribution < -0.4 is 15.6 Å². The van der Waals surface area contributed by atoms with Gasteiger partial charge in [0.1, 0.15) is 5.75 Å². The van der Waals surface area contributed by atoms with Gasteiger partial charge >= 0.3 is 0 Å². The number of unbranched alkanes of at least 4 members (excludes halogenated alkanes) is 2. The third-order valence-corrected chi connectivity index (χ3v) is 7.07. The van der Waals surface area contributed by atoms with Gasteiger partial charge in [0.15, 0.2) is 4.77 Å². The molecular weight excluding hydrogens is 460 g/mol.